The summed E-state index contributed by atoms with van der Waals surface area (Å²) in [5, 5.41) is 0. The van der Waals surface area contributed by atoms with E-state index in [1.165, 1.54) is 83.5 Å². The molecule has 32 heavy (non-hydrogen) atoms. The molecule has 0 aromatic rings. The average Bonchev–Trinajstić information content (AvgIpc) is 2.77. The molecule has 4 heteroatoms. The predicted molar refractivity (Wildman–Crippen MR) is 138 cm³/mol. The maximum absolute atomic E-state index is 5.81. The molecule has 0 aromatic heterocycles. The van der Waals surface area contributed by atoms with Gasteiger partial charge >= 0.3 is 0 Å². The van der Waals surface area contributed by atoms with Gasteiger partial charge in [-0.25, -0.2) is 0 Å². The molecule has 3 atom stereocenters. The lowest BCUT2D eigenvalue weighted by Crippen LogP contribution is -2.26. The minimum atomic E-state index is 0.0783. The Balaban J connectivity index is 3.24. The Labute approximate surface area is 201 Å². The van der Waals surface area contributed by atoms with E-state index in [4.69, 9.17) is 18.9 Å². The molecule has 0 N–H and O–H groups in total. The predicted octanol–water partition coefficient (Wildman–Crippen LogP) is 7.97. The first kappa shape index (κ1) is 31.8. The van der Waals surface area contributed by atoms with Crippen LogP contribution >= 0.6 is 0 Å². The summed E-state index contributed by atoms with van der Waals surface area (Å²) in [4.78, 5) is 0. The molecule has 194 valence electrons. The molecule has 0 amide bonds. The van der Waals surface area contributed by atoms with E-state index < -0.39 is 0 Å². The van der Waals surface area contributed by atoms with Crippen LogP contribution in [0, 0.1) is 5.92 Å². The molecule has 0 aliphatic carbocycles. The topological polar surface area (TPSA) is 36.9 Å². The molecule has 0 radical (unpaired) electrons. The van der Waals surface area contributed by atoms with Crippen molar-refractivity contribution in [3.8, 4) is 0 Å². The Bertz CT molecular complexity index is 361. The third kappa shape index (κ3) is 24.5. The average molecular weight is 459 g/mol. The van der Waals surface area contributed by atoms with Crippen LogP contribution in [-0.2, 0) is 18.9 Å². The van der Waals surface area contributed by atoms with Crippen molar-refractivity contribution in [2.75, 3.05) is 33.5 Å². The van der Waals surface area contributed by atoms with Crippen LogP contribution in [0.1, 0.15) is 125 Å². The number of rotatable bonds is 25. The SMILES string of the molecule is COC(C)COC(C)COC(C)COCCCCCCCCCCCCCCCC(C)C. The summed E-state index contributed by atoms with van der Waals surface area (Å²) in [5.41, 5.74) is 0. The van der Waals surface area contributed by atoms with Crippen molar-refractivity contribution < 1.29 is 18.9 Å². The van der Waals surface area contributed by atoms with Crippen LogP contribution in [0.15, 0.2) is 0 Å². The second kappa shape index (κ2) is 24.0. The maximum atomic E-state index is 5.81. The molecule has 0 heterocycles. The molecule has 0 fully saturated rings. The Hall–Kier alpha value is -0.160. The molecule has 0 bridgehead atoms. The summed E-state index contributed by atoms with van der Waals surface area (Å²) in [6.45, 7) is 13.5. The van der Waals surface area contributed by atoms with Gasteiger partial charge in [0.1, 0.15) is 0 Å². The molecule has 0 saturated carbocycles. The minimum absolute atomic E-state index is 0.0783. The maximum Gasteiger partial charge on any atom is 0.0781 e. The van der Waals surface area contributed by atoms with E-state index in [2.05, 4.69) is 20.8 Å². The van der Waals surface area contributed by atoms with E-state index in [-0.39, 0.29) is 18.3 Å². The summed E-state index contributed by atoms with van der Waals surface area (Å²) in [6.07, 6.45) is 19.8. The van der Waals surface area contributed by atoms with Gasteiger partial charge in [0.05, 0.1) is 38.1 Å². The highest BCUT2D eigenvalue weighted by Crippen LogP contribution is 2.14. The van der Waals surface area contributed by atoms with Gasteiger partial charge in [-0.1, -0.05) is 97.3 Å². The molecule has 0 aliphatic rings. The zero-order valence-electron chi connectivity index (χ0n) is 22.7. The number of ether oxygens (including phenoxy) is 4. The normalized spacial score (nSPS) is 14.7. The molecule has 0 spiro atoms. The summed E-state index contributed by atoms with van der Waals surface area (Å²) in [5.74, 6) is 0.876. The first-order chi connectivity index (χ1) is 15.5. The molecule has 3 unspecified atom stereocenters. The van der Waals surface area contributed by atoms with Crippen molar-refractivity contribution in [2.45, 2.75) is 143 Å². The lowest BCUT2D eigenvalue weighted by molar-refractivity contribution is -0.0746. The van der Waals surface area contributed by atoms with Gasteiger partial charge in [0.25, 0.3) is 0 Å². The monoisotopic (exact) mass is 458 g/mol. The summed E-state index contributed by atoms with van der Waals surface area (Å²) < 4.78 is 22.5. The van der Waals surface area contributed by atoms with Crippen molar-refractivity contribution in [1.29, 1.82) is 0 Å². The van der Waals surface area contributed by atoms with Crippen LogP contribution in [0.3, 0.4) is 0 Å². The molecule has 0 aliphatic heterocycles. The number of unbranched alkanes of at least 4 members (excludes halogenated alkanes) is 12. The minimum Gasteiger partial charge on any atom is -0.379 e. The van der Waals surface area contributed by atoms with Crippen LogP contribution in [0.2, 0.25) is 0 Å². The van der Waals surface area contributed by atoms with Gasteiger partial charge in [0.2, 0.25) is 0 Å². The molecule has 0 aromatic carbocycles. The first-order valence-electron chi connectivity index (χ1n) is 13.8. The van der Waals surface area contributed by atoms with Crippen molar-refractivity contribution in [3.63, 3.8) is 0 Å². The molecule has 0 rings (SSSR count). The fourth-order valence-corrected chi connectivity index (χ4v) is 3.71. The van der Waals surface area contributed by atoms with Crippen molar-refractivity contribution in [3.05, 3.63) is 0 Å². The first-order valence-corrected chi connectivity index (χ1v) is 13.8. The smallest absolute Gasteiger partial charge is 0.0781 e. The molecule has 0 saturated heterocycles. The Morgan fingerprint density at radius 3 is 1.34 bits per heavy atom. The second-order valence-corrected chi connectivity index (χ2v) is 10.2. The van der Waals surface area contributed by atoms with Gasteiger partial charge in [-0.3, -0.25) is 0 Å². The Morgan fingerprint density at radius 2 is 0.875 bits per heavy atom. The fraction of sp³-hybridized carbons (Fsp3) is 1.00. The van der Waals surface area contributed by atoms with Gasteiger partial charge in [0, 0.05) is 13.7 Å². The number of methoxy groups -OCH3 is 1. The van der Waals surface area contributed by atoms with Gasteiger partial charge in [0.15, 0.2) is 0 Å². The third-order valence-electron chi connectivity index (χ3n) is 6.06. The second-order valence-electron chi connectivity index (χ2n) is 10.2. The molecular weight excluding hydrogens is 400 g/mol. The van der Waals surface area contributed by atoms with Crippen molar-refractivity contribution in [2.24, 2.45) is 5.92 Å². The van der Waals surface area contributed by atoms with E-state index in [1.807, 2.05) is 13.8 Å². The fourth-order valence-electron chi connectivity index (χ4n) is 3.71. The summed E-state index contributed by atoms with van der Waals surface area (Å²) in [7, 11) is 1.70. The highest BCUT2D eigenvalue weighted by molar-refractivity contribution is 4.55. The zero-order chi connectivity index (χ0) is 23.9. The highest BCUT2D eigenvalue weighted by atomic mass is 16.6. The van der Waals surface area contributed by atoms with Gasteiger partial charge < -0.3 is 18.9 Å². The number of hydrogen-bond acceptors (Lipinski definition) is 4. The largest absolute Gasteiger partial charge is 0.379 e. The van der Waals surface area contributed by atoms with Crippen LogP contribution in [0.5, 0.6) is 0 Å². The number of hydrogen-bond donors (Lipinski definition) is 0. The van der Waals surface area contributed by atoms with Crippen LogP contribution in [0.25, 0.3) is 0 Å². The van der Waals surface area contributed by atoms with Gasteiger partial charge in [-0.05, 0) is 33.1 Å². The van der Waals surface area contributed by atoms with E-state index >= 15 is 0 Å². The van der Waals surface area contributed by atoms with Crippen LogP contribution < -0.4 is 0 Å². The Morgan fingerprint density at radius 1 is 0.469 bits per heavy atom. The lowest BCUT2D eigenvalue weighted by atomic mass is 10.0. The summed E-state index contributed by atoms with van der Waals surface area (Å²) >= 11 is 0. The Kier molecular flexibility index (Phi) is 23.9. The molecule has 4 nitrogen and oxygen atoms in total. The van der Waals surface area contributed by atoms with Gasteiger partial charge in [-0.2, -0.15) is 0 Å². The quantitative estimate of drug-likeness (QED) is 0.130. The van der Waals surface area contributed by atoms with E-state index in [0.717, 1.165) is 18.9 Å². The highest BCUT2D eigenvalue weighted by Gasteiger charge is 2.09. The van der Waals surface area contributed by atoms with E-state index in [1.54, 1.807) is 7.11 Å². The van der Waals surface area contributed by atoms with E-state index in [9.17, 15) is 0 Å². The van der Waals surface area contributed by atoms with Crippen molar-refractivity contribution in [1.82, 2.24) is 0 Å². The lowest BCUT2D eigenvalue weighted by Gasteiger charge is -2.19. The zero-order valence-corrected chi connectivity index (χ0v) is 22.7. The standard InChI is InChI=1S/C28H58O4/c1-25(2)20-18-16-14-12-10-8-7-9-11-13-15-17-19-21-30-22-27(4)32-24-28(5)31-23-26(3)29-6/h25-28H,7-24H2,1-6H3. The third-order valence-corrected chi connectivity index (χ3v) is 6.06. The van der Waals surface area contributed by atoms with E-state index in [0.29, 0.717) is 19.8 Å². The summed E-state index contributed by atoms with van der Waals surface area (Å²) in [6, 6.07) is 0. The molecular formula is C28H58O4. The van der Waals surface area contributed by atoms with Crippen LogP contribution in [-0.4, -0.2) is 51.8 Å². The van der Waals surface area contributed by atoms with Gasteiger partial charge in [-0.15, -0.1) is 0 Å². The van der Waals surface area contributed by atoms with Crippen molar-refractivity contribution >= 4 is 0 Å². The van der Waals surface area contributed by atoms with Crippen LogP contribution in [0.4, 0.5) is 0 Å².